The molecule has 4 aromatic rings. The van der Waals surface area contributed by atoms with Gasteiger partial charge < -0.3 is 24.9 Å². The first-order valence-corrected chi connectivity index (χ1v) is 17.3. The average Bonchev–Trinajstić information content (AvgIpc) is 3.10. The molecule has 0 bridgehead atoms. The van der Waals surface area contributed by atoms with Gasteiger partial charge in [0, 0.05) is 87.7 Å². The summed E-state index contributed by atoms with van der Waals surface area (Å²) in [6.07, 6.45) is -4.53. The number of nitrogens with one attached hydrogen (secondary N) is 1. The number of nitrogens with zero attached hydrogens (tertiary/aromatic N) is 5. The zero-order valence-corrected chi connectivity index (χ0v) is 27.9. The van der Waals surface area contributed by atoms with Crippen LogP contribution in [-0.4, -0.2) is 100 Å². The highest BCUT2D eigenvalue weighted by Gasteiger charge is 2.44. The van der Waals surface area contributed by atoms with E-state index in [1.54, 1.807) is 23.1 Å². The van der Waals surface area contributed by atoms with Gasteiger partial charge in [0.2, 0.25) is 15.9 Å². The first-order valence-electron chi connectivity index (χ1n) is 15.9. The van der Waals surface area contributed by atoms with E-state index in [2.05, 4.69) is 10.2 Å². The van der Waals surface area contributed by atoms with Crippen molar-refractivity contribution >= 4 is 49.8 Å². The van der Waals surface area contributed by atoms with Gasteiger partial charge in [0.05, 0.1) is 10.5 Å². The van der Waals surface area contributed by atoms with Crippen molar-refractivity contribution in [2.24, 2.45) is 0 Å². The molecule has 0 spiro atoms. The number of amides is 3. The normalized spacial score (nSPS) is 17.7. The topological polar surface area (TPSA) is 96.5 Å². The molecule has 2 aliphatic heterocycles. The maximum Gasteiger partial charge on any atom is 0.416 e. The van der Waals surface area contributed by atoms with E-state index in [1.165, 1.54) is 15.3 Å². The summed E-state index contributed by atoms with van der Waals surface area (Å²) in [7, 11) is -0.508. The molecule has 49 heavy (non-hydrogen) atoms. The summed E-state index contributed by atoms with van der Waals surface area (Å²) in [6, 6.07) is 22.4. The number of alkyl halides is 3. The fourth-order valence-corrected chi connectivity index (χ4v) is 8.20. The first kappa shape index (κ1) is 34.1. The Labute approximate surface area is 283 Å². The number of rotatable bonds is 6. The van der Waals surface area contributed by atoms with Gasteiger partial charge >= 0.3 is 12.2 Å². The molecule has 3 amide bonds. The zero-order chi connectivity index (χ0) is 34.9. The van der Waals surface area contributed by atoms with Crippen molar-refractivity contribution < 1.29 is 31.2 Å². The second-order valence-corrected chi connectivity index (χ2v) is 14.1. The summed E-state index contributed by atoms with van der Waals surface area (Å²) in [5.41, 5.74) is 1.15. The minimum atomic E-state index is -4.53. The number of benzene rings is 4. The Bertz CT molecular complexity index is 1930. The zero-order valence-electron chi connectivity index (χ0n) is 27.1. The van der Waals surface area contributed by atoms with E-state index in [-0.39, 0.29) is 30.2 Å². The van der Waals surface area contributed by atoms with Crippen molar-refractivity contribution in [3.63, 3.8) is 0 Å². The quantitative estimate of drug-likeness (QED) is 0.299. The van der Waals surface area contributed by atoms with Crippen LogP contribution in [0.15, 0.2) is 95.9 Å². The third-order valence-electron chi connectivity index (χ3n) is 9.01. The number of anilines is 3. The number of carbonyl (C=O) groups is 2. The summed E-state index contributed by atoms with van der Waals surface area (Å²) < 4.78 is 69.4. The predicted molar refractivity (Wildman–Crippen MR) is 183 cm³/mol. The monoisotopic (exact) mass is 694 g/mol. The highest BCUT2D eigenvalue weighted by atomic mass is 32.2. The van der Waals surface area contributed by atoms with Crippen molar-refractivity contribution in [1.82, 2.24) is 14.1 Å². The molecule has 258 valence electrons. The summed E-state index contributed by atoms with van der Waals surface area (Å²) in [5.74, 6) is -0.419. The lowest BCUT2D eigenvalue weighted by Gasteiger charge is -2.43. The Morgan fingerprint density at radius 3 is 2.04 bits per heavy atom. The number of para-hydroxylation sites is 1. The molecule has 1 atom stereocenters. The van der Waals surface area contributed by atoms with Crippen LogP contribution in [0.25, 0.3) is 10.8 Å². The van der Waals surface area contributed by atoms with Gasteiger partial charge in [0.15, 0.2) is 0 Å². The van der Waals surface area contributed by atoms with E-state index in [4.69, 9.17) is 0 Å². The van der Waals surface area contributed by atoms with Gasteiger partial charge in [-0.25, -0.2) is 13.2 Å². The molecule has 4 aromatic carbocycles. The largest absolute Gasteiger partial charge is 0.416 e. The molecule has 2 saturated heterocycles. The van der Waals surface area contributed by atoms with Gasteiger partial charge in [-0.15, -0.1) is 0 Å². The van der Waals surface area contributed by atoms with Gasteiger partial charge in [0.25, 0.3) is 0 Å². The molecule has 2 heterocycles. The smallest absolute Gasteiger partial charge is 0.377 e. The number of halogens is 3. The van der Waals surface area contributed by atoms with Gasteiger partial charge in [-0.2, -0.15) is 17.5 Å². The highest BCUT2D eigenvalue weighted by Crippen LogP contribution is 2.34. The Kier molecular flexibility index (Phi) is 9.45. The molecule has 2 aliphatic rings. The van der Waals surface area contributed by atoms with Gasteiger partial charge in [-0.05, 0) is 48.5 Å². The number of hydrogen-bond donors (Lipinski definition) is 1. The number of hydrogen-bond acceptors (Lipinski definition) is 6. The van der Waals surface area contributed by atoms with E-state index in [1.807, 2.05) is 61.5 Å². The molecule has 0 radical (unpaired) electrons. The van der Waals surface area contributed by atoms with Crippen LogP contribution < -0.4 is 15.1 Å². The van der Waals surface area contributed by atoms with Crippen LogP contribution in [0.4, 0.5) is 35.0 Å². The van der Waals surface area contributed by atoms with Crippen molar-refractivity contribution in [1.29, 1.82) is 0 Å². The summed E-state index contributed by atoms with van der Waals surface area (Å²) in [4.78, 5) is 34.7. The lowest BCUT2D eigenvalue weighted by atomic mass is 10.1. The van der Waals surface area contributed by atoms with Crippen LogP contribution in [0.3, 0.4) is 0 Å². The standard InChI is InChI=1S/C35H37F3N6O4S/c1-40(2)30-12-6-11-29-28(30)10-7-13-32(29)49(47,48)44-23-22-43(34(46)39-26-16-14-25(15-17-26)35(36,37)38)24-31(44)33(45)42-20-18-41(19-21-42)27-8-4-3-5-9-27/h3-17,31H,18-24H2,1-2H3,(H,39,46). The van der Waals surface area contributed by atoms with Crippen molar-refractivity contribution in [2.45, 2.75) is 17.1 Å². The third kappa shape index (κ3) is 7.01. The fourth-order valence-electron chi connectivity index (χ4n) is 6.43. The highest BCUT2D eigenvalue weighted by molar-refractivity contribution is 7.89. The molecule has 14 heteroatoms. The van der Waals surface area contributed by atoms with Crippen LogP contribution in [0.5, 0.6) is 0 Å². The maximum absolute atomic E-state index is 14.5. The summed E-state index contributed by atoms with van der Waals surface area (Å²) in [5, 5.41) is 3.85. The first-order chi connectivity index (χ1) is 23.3. The minimum absolute atomic E-state index is 0.0367. The summed E-state index contributed by atoms with van der Waals surface area (Å²) >= 11 is 0. The van der Waals surface area contributed by atoms with Crippen LogP contribution >= 0.6 is 0 Å². The molecule has 0 aromatic heterocycles. The maximum atomic E-state index is 14.5. The van der Waals surface area contributed by atoms with Crippen molar-refractivity contribution in [3.8, 4) is 0 Å². The molecule has 1 unspecified atom stereocenters. The van der Waals surface area contributed by atoms with E-state index in [9.17, 15) is 31.2 Å². The predicted octanol–water partition coefficient (Wildman–Crippen LogP) is 5.18. The van der Waals surface area contributed by atoms with Crippen LogP contribution in [0, 0.1) is 0 Å². The average molecular weight is 695 g/mol. The van der Waals surface area contributed by atoms with Crippen LogP contribution in [0.2, 0.25) is 0 Å². The van der Waals surface area contributed by atoms with Crippen molar-refractivity contribution in [2.75, 3.05) is 75.0 Å². The lowest BCUT2D eigenvalue weighted by molar-refractivity contribution is -0.138. The van der Waals surface area contributed by atoms with Gasteiger partial charge in [-0.3, -0.25) is 4.79 Å². The summed E-state index contributed by atoms with van der Waals surface area (Å²) in [6.45, 7) is 1.37. The number of urea groups is 1. The fraction of sp³-hybridized carbons (Fsp3) is 0.314. The SMILES string of the molecule is CN(C)c1cccc2c(S(=O)(=O)N3CCN(C(=O)Nc4ccc(C(F)(F)F)cc4)CC3C(=O)N3CCN(c4ccccc4)CC3)cccc12. The Morgan fingerprint density at radius 2 is 1.39 bits per heavy atom. The number of piperazine rings is 2. The number of sulfonamides is 1. The van der Waals surface area contributed by atoms with Crippen molar-refractivity contribution in [3.05, 3.63) is 96.6 Å². The van der Waals surface area contributed by atoms with E-state index >= 15 is 0 Å². The Balaban J connectivity index is 1.28. The van der Waals surface area contributed by atoms with Crippen LogP contribution in [-0.2, 0) is 21.0 Å². The van der Waals surface area contributed by atoms with Gasteiger partial charge in [-0.1, -0.05) is 42.5 Å². The van der Waals surface area contributed by atoms with E-state index in [0.717, 1.165) is 41.0 Å². The second-order valence-electron chi connectivity index (χ2n) is 12.3. The minimum Gasteiger partial charge on any atom is -0.377 e. The number of fused-ring (bicyclic) bond motifs is 1. The van der Waals surface area contributed by atoms with E-state index in [0.29, 0.717) is 31.6 Å². The molecule has 6 rings (SSSR count). The van der Waals surface area contributed by atoms with E-state index < -0.39 is 39.7 Å². The molecule has 0 saturated carbocycles. The Hall–Kier alpha value is -4.82. The Morgan fingerprint density at radius 1 is 0.755 bits per heavy atom. The molecular weight excluding hydrogens is 657 g/mol. The third-order valence-corrected chi connectivity index (χ3v) is 11.0. The molecule has 0 aliphatic carbocycles. The molecule has 10 nitrogen and oxygen atoms in total. The number of carbonyl (C=O) groups excluding carboxylic acids is 2. The molecular formula is C35H37F3N6O4S. The lowest BCUT2D eigenvalue weighted by Crippen LogP contribution is -2.63. The molecule has 1 N–H and O–H groups in total. The second kappa shape index (κ2) is 13.6. The van der Waals surface area contributed by atoms with Gasteiger partial charge in [0.1, 0.15) is 6.04 Å². The van der Waals surface area contributed by atoms with Crippen LogP contribution in [0.1, 0.15) is 5.56 Å². The molecule has 2 fully saturated rings.